The van der Waals surface area contributed by atoms with Crippen LogP contribution in [0.25, 0.3) is 0 Å². The predicted octanol–water partition coefficient (Wildman–Crippen LogP) is 2.11. The molecule has 2 rings (SSSR count). The summed E-state index contributed by atoms with van der Waals surface area (Å²) in [6.45, 7) is 4.77. The summed E-state index contributed by atoms with van der Waals surface area (Å²) in [5, 5.41) is 13.1. The van der Waals surface area contributed by atoms with Crippen molar-refractivity contribution >= 4 is 0 Å². The Kier molecular flexibility index (Phi) is 3.88. The predicted molar refractivity (Wildman–Crippen MR) is 70.0 cm³/mol. The van der Waals surface area contributed by atoms with Gasteiger partial charge < -0.3 is 10.4 Å². The second-order valence-electron chi connectivity index (χ2n) is 5.36. The zero-order valence-corrected chi connectivity index (χ0v) is 11.0. The molecule has 1 saturated heterocycles. The number of piperidine rings is 1. The van der Waals surface area contributed by atoms with Gasteiger partial charge in [0.05, 0.1) is 0 Å². The van der Waals surface area contributed by atoms with Gasteiger partial charge in [-0.05, 0) is 45.0 Å². The first-order chi connectivity index (χ1) is 8.52. The number of aromatic hydroxyl groups is 1. The SMILES string of the molecule is CNC1(C)CCN(Cc2cc(F)ccc2O)CC1. The highest BCUT2D eigenvalue weighted by Gasteiger charge is 2.28. The van der Waals surface area contributed by atoms with Crippen LogP contribution in [0.5, 0.6) is 5.75 Å². The van der Waals surface area contributed by atoms with Gasteiger partial charge in [-0.25, -0.2) is 4.39 Å². The number of nitrogens with one attached hydrogen (secondary N) is 1. The molecule has 0 bridgehead atoms. The van der Waals surface area contributed by atoms with E-state index in [0.717, 1.165) is 25.9 Å². The summed E-state index contributed by atoms with van der Waals surface area (Å²) in [5.41, 5.74) is 0.878. The number of halogens is 1. The second kappa shape index (κ2) is 5.24. The molecule has 1 aliphatic rings. The molecule has 0 aromatic heterocycles. The first-order valence-electron chi connectivity index (χ1n) is 6.41. The third kappa shape index (κ3) is 3.00. The van der Waals surface area contributed by atoms with Gasteiger partial charge in [0.1, 0.15) is 11.6 Å². The molecular formula is C14H21FN2O. The topological polar surface area (TPSA) is 35.5 Å². The van der Waals surface area contributed by atoms with Crippen LogP contribution in [0.3, 0.4) is 0 Å². The minimum absolute atomic E-state index is 0.179. The van der Waals surface area contributed by atoms with E-state index < -0.39 is 0 Å². The summed E-state index contributed by atoms with van der Waals surface area (Å²) in [5.74, 6) is -0.113. The maximum atomic E-state index is 13.1. The van der Waals surface area contributed by atoms with Gasteiger partial charge in [-0.1, -0.05) is 0 Å². The fourth-order valence-electron chi connectivity index (χ4n) is 2.38. The van der Waals surface area contributed by atoms with Crippen LogP contribution in [0.2, 0.25) is 0 Å². The quantitative estimate of drug-likeness (QED) is 0.865. The Morgan fingerprint density at radius 2 is 2.06 bits per heavy atom. The Bertz CT molecular complexity index is 414. The number of nitrogens with zero attached hydrogens (tertiary/aromatic N) is 1. The van der Waals surface area contributed by atoms with Crippen molar-refractivity contribution in [1.82, 2.24) is 10.2 Å². The van der Waals surface area contributed by atoms with Crippen molar-refractivity contribution in [2.75, 3.05) is 20.1 Å². The van der Waals surface area contributed by atoms with Crippen LogP contribution < -0.4 is 5.32 Å². The average Bonchev–Trinajstić information content (AvgIpc) is 2.37. The monoisotopic (exact) mass is 252 g/mol. The molecular weight excluding hydrogens is 231 g/mol. The lowest BCUT2D eigenvalue weighted by Gasteiger charge is -2.39. The van der Waals surface area contributed by atoms with Crippen LogP contribution in [0.15, 0.2) is 18.2 Å². The lowest BCUT2D eigenvalue weighted by atomic mass is 9.90. The number of benzene rings is 1. The summed E-state index contributed by atoms with van der Waals surface area (Å²) < 4.78 is 13.1. The lowest BCUT2D eigenvalue weighted by molar-refractivity contribution is 0.145. The first-order valence-corrected chi connectivity index (χ1v) is 6.41. The van der Waals surface area contributed by atoms with Crippen LogP contribution >= 0.6 is 0 Å². The summed E-state index contributed by atoms with van der Waals surface area (Å²) >= 11 is 0. The third-order valence-electron chi connectivity index (χ3n) is 4.00. The molecule has 1 aromatic carbocycles. The molecule has 0 amide bonds. The highest BCUT2D eigenvalue weighted by Crippen LogP contribution is 2.25. The van der Waals surface area contributed by atoms with Gasteiger partial charge in [0.15, 0.2) is 0 Å². The zero-order chi connectivity index (χ0) is 13.2. The minimum atomic E-state index is -0.292. The van der Waals surface area contributed by atoms with Gasteiger partial charge in [0, 0.05) is 30.7 Å². The molecule has 0 radical (unpaired) electrons. The summed E-state index contributed by atoms with van der Waals surface area (Å²) in [4.78, 5) is 2.26. The van der Waals surface area contributed by atoms with Crippen LogP contribution in [-0.4, -0.2) is 35.7 Å². The van der Waals surface area contributed by atoms with Crippen molar-refractivity contribution in [3.05, 3.63) is 29.6 Å². The molecule has 0 unspecified atom stereocenters. The van der Waals surface area contributed by atoms with Gasteiger partial charge in [0.25, 0.3) is 0 Å². The van der Waals surface area contributed by atoms with Gasteiger partial charge in [0.2, 0.25) is 0 Å². The maximum absolute atomic E-state index is 13.1. The minimum Gasteiger partial charge on any atom is -0.508 e. The number of phenolic OH excluding ortho intramolecular Hbond substituents is 1. The molecule has 1 heterocycles. The number of likely N-dealkylation sites (tertiary alicyclic amines) is 1. The van der Waals surface area contributed by atoms with Gasteiger partial charge in [-0.15, -0.1) is 0 Å². The Hall–Kier alpha value is -1.13. The summed E-state index contributed by atoms with van der Waals surface area (Å²) in [6, 6.07) is 4.13. The van der Waals surface area contributed by atoms with E-state index in [2.05, 4.69) is 17.1 Å². The molecule has 1 aliphatic heterocycles. The van der Waals surface area contributed by atoms with Gasteiger partial charge >= 0.3 is 0 Å². The Morgan fingerprint density at radius 1 is 1.39 bits per heavy atom. The molecule has 4 heteroatoms. The molecule has 0 saturated carbocycles. The van der Waals surface area contributed by atoms with Crippen molar-refractivity contribution < 1.29 is 9.50 Å². The molecule has 0 atom stereocenters. The molecule has 0 aliphatic carbocycles. The van der Waals surface area contributed by atoms with Crippen molar-refractivity contribution in [1.29, 1.82) is 0 Å². The van der Waals surface area contributed by atoms with Crippen LogP contribution in [0.4, 0.5) is 4.39 Å². The van der Waals surface area contributed by atoms with Crippen molar-refractivity contribution in [3.63, 3.8) is 0 Å². The average molecular weight is 252 g/mol. The highest BCUT2D eigenvalue weighted by molar-refractivity contribution is 5.32. The fraction of sp³-hybridized carbons (Fsp3) is 0.571. The Labute approximate surface area is 108 Å². The zero-order valence-electron chi connectivity index (χ0n) is 11.0. The molecule has 100 valence electrons. The summed E-state index contributed by atoms with van der Waals surface area (Å²) in [7, 11) is 1.99. The molecule has 1 fully saturated rings. The molecule has 1 aromatic rings. The number of hydrogen-bond donors (Lipinski definition) is 2. The van der Waals surface area contributed by atoms with E-state index in [9.17, 15) is 9.50 Å². The largest absolute Gasteiger partial charge is 0.508 e. The Morgan fingerprint density at radius 3 is 2.67 bits per heavy atom. The molecule has 2 N–H and O–H groups in total. The fourth-order valence-corrected chi connectivity index (χ4v) is 2.38. The smallest absolute Gasteiger partial charge is 0.123 e. The third-order valence-corrected chi connectivity index (χ3v) is 4.00. The van der Waals surface area contributed by atoms with Gasteiger partial charge in [-0.2, -0.15) is 0 Å². The maximum Gasteiger partial charge on any atom is 0.123 e. The normalized spacial score (nSPS) is 19.9. The standard InChI is InChI=1S/C14H21FN2O/c1-14(16-2)5-7-17(8-6-14)10-11-9-12(15)3-4-13(11)18/h3-4,9,16,18H,5-8,10H2,1-2H3. The summed E-state index contributed by atoms with van der Waals surface area (Å²) in [6.07, 6.45) is 2.14. The van der Waals surface area contributed by atoms with Crippen LogP contribution in [-0.2, 0) is 6.54 Å². The molecule has 18 heavy (non-hydrogen) atoms. The Balaban J connectivity index is 1.97. The van der Waals surface area contributed by atoms with Gasteiger partial charge in [-0.3, -0.25) is 4.90 Å². The van der Waals surface area contributed by atoms with E-state index in [4.69, 9.17) is 0 Å². The number of hydrogen-bond acceptors (Lipinski definition) is 3. The molecule has 3 nitrogen and oxygen atoms in total. The van der Waals surface area contributed by atoms with Crippen LogP contribution in [0, 0.1) is 5.82 Å². The lowest BCUT2D eigenvalue weighted by Crippen LogP contribution is -2.49. The van der Waals surface area contributed by atoms with Crippen molar-refractivity contribution in [2.45, 2.75) is 31.8 Å². The van der Waals surface area contributed by atoms with E-state index in [0.29, 0.717) is 12.1 Å². The molecule has 0 spiro atoms. The number of rotatable bonds is 3. The highest BCUT2D eigenvalue weighted by atomic mass is 19.1. The van der Waals surface area contributed by atoms with E-state index >= 15 is 0 Å². The van der Waals surface area contributed by atoms with Crippen molar-refractivity contribution in [3.8, 4) is 5.75 Å². The van der Waals surface area contributed by atoms with E-state index in [1.165, 1.54) is 18.2 Å². The van der Waals surface area contributed by atoms with E-state index in [1.807, 2.05) is 7.05 Å². The first kappa shape index (κ1) is 13.3. The second-order valence-corrected chi connectivity index (χ2v) is 5.36. The van der Waals surface area contributed by atoms with E-state index in [1.54, 1.807) is 0 Å². The number of phenols is 1. The van der Waals surface area contributed by atoms with Crippen LogP contribution in [0.1, 0.15) is 25.3 Å². The van der Waals surface area contributed by atoms with E-state index in [-0.39, 0.29) is 17.1 Å². The van der Waals surface area contributed by atoms with Crippen molar-refractivity contribution in [2.24, 2.45) is 0 Å².